The van der Waals surface area contributed by atoms with Crippen LogP contribution in [0.3, 0.4) is 0 Å². The maximum atomic E-state index is 13.2. The molecule has 0 saturated heterocycles. The standard InChI is InChI=1S/C15H12ClFN4O/c1-2-13-19-14-12(4-3-7-21(14)20-13)18-15(22)9-5-6-11(17)10(16)8-9/h3-8H,2H2,1H3,(H,18,22). The van der Waals surface area contributed by atoms with Crippen LogP contribution >= 0.6 is 11.6 Å². The van der Waals surface area contributed by atoms with E-state index in [4.69, 9.17) is 11.6 Å². The van der Waals surface area contributed by atoms with Crippen molar-refractivity contribution < 1.29 is 9.18 Å². The Morgan fingerprint density at radius 1 is 1.41 bits per heavy atom. The van der Waals surface area contributed by atoms with Gasteiger partial charge in [-0.15, -0.1) is 0 Å². The van der Waals surface area contributed by atoms with Crippen LogP contribution in [0, 0.1) is 5.82 Å². The van der Waals surface area contributed by atoms with Crippen LogP contribution in [-0.2, 0) is 6.42 Å². The van der Waals surface area contributed by atoms with E-state index in [1.807, 2.05) is 6.92 Å². The van der Waals surface area contributed by atoms with Crippen LogP contribution in [0.2, 0.25) is 5.02 Å². The summed E-state index contributed by atoms with van der Waals surface area (Å²) in [5.41, 5.74) is 1.35. The molecule has 0 atom stereocenters. The third kappa shape index (κ3) is 2.65. The molecule has 22 heavy (non-hydrogen) atoms. The lowest BCUT2D eigenvalue weighted by Gasteiger charge is -2.06. The predicted octanol–water partition coefficient (Wildman–Crippen LogP) is 3.34. The monoisotopic (exact) mass is 318 g/mol. The van der Waals surface area contributed by atoms with E-state index in [2.05, 4.69) is 15.4 Å². The molecule has 7 heteroatoms. The molecule has 5 nitrogen and oxygen atoms in total. The molecular weight excluding hydrogens is 307 g/mol. The Morgan fingerprint density at radius 3 is 2.95 bits per heavy atom. The van der Waals surface area contributed by atoms with Crippen molar-refractivity contribution in [2.75, 3.05) is 5.32 Å². The minimum atomic E-state index is -0.564. The molecule has 1 aromatic carbocycles. The van der Waals surface area contributed by atoms with Gasteiger partial charge in [0, 0.05) is 18.2 Å². The molecule has 2 aromatic heterocycles. The molecule has 3 rings (SSSR count). The summed E-state index contributed by atoms with van der Waals surface area (Å²) in [7, 11) is 0. The second kappa shape index (κ2) is 5.73. The summed E-state index contributed by atoms with van der Waals surface area (Å²) in [6.45, 7) is 1.95. The summed E-state index contributed by atoms with van der Waals surface area (Å²) in [6.07, 6.45) is 2.45. The number of amides is 1. The van der Waals surface area contributed by atoms with Gasteiger partial charge in [-0.2, -0.15) is 5.10 Å². The first-order valence-corrected chi connectivity index (χ1v) is 7.07. The summed E-state index contributed by atoms with van der Waals surface area (Å²) < 4.78 is 14.8. The number of anilines is 1. The molecule has 0 saturated carbocycles. The van der Waals surface area contributed by atoms with E-state index >= 15 is 0 Å². The second-order valence-corrected chi connectivity index (χ2v) is 5.06. The molecule has 0 spiro atoms. The average molecular weight is 319 g/mol. The number of aromatic nitrogens is 3. The Kier molecular flexibility index (Phi) is 3.77. The molecule has 0 aliphatic carbocycles. The first-order chi connectivity index (χ1) is 10.6. The highest BCUT2D eigenvalue weighted by molar-refractivity contribution is 6.31. The molecule has 0 aliphatic heterocycles. The number of rotatable bonds is 3. The molecule has 2 heterocycles. The van der Waals surface area contributed by atoms with Crippen LogP contribution in [-0.4, -0.2) is 20.5 Å². The molecule has 3 aromatic rings. The Labute approximate surface area is 130 Å². The number of aryl methyl sites for hydroxylation is 1. The highest BCUT2D eigenvalue weighted by atomic mass is 35.5. The van der Waals surface area contributed by atoms with Crippen molar-refractivity contribution in [3.8, 4) is 0 Å². The third-order valence-corrected chi connectivity index (χ3v) is 3.44. The summed E-state index contributed by atoms with van der Waals surface area (Å²) in [4.78, 5) is 16.6. The van der Waals surface area contributed by atoms with Gasteiger partial charge in [0.1, 0.15) is 5.82 Å². The molecule has 0 fully saturated rings. The van der Waals surface area contributed by atoms with Gasteiger partial charge in [0.15, 0.2) is 11.5 Å². The first kappa shape index (κ1) is 14.5. The fraction of sp³-hybridized carbons (Fsp3) is 0.133. The van der Waals surface area contributed by atoms with Crippen molar-refractivity contribution in [2.45, 2.75) is 13.3 Å². The highest BCUT2D eigenvalue weighted by Gasteiger charge is 2.12. The molecular formula is C15H12ClFN4O. The van der Waals surface area contributed by atoms with E-state index < -0.39 is 11.7 Å². The van der Waals surface area contributed by atoms with Crippen LogP contribution in [0.25, 0.3) is 5.65 Å². The zero-order valence-corrected chi connectivity index (χ0v) is 12.4. The summed E-state index contributed by atoms with van der Waals surface area (Å²) in [5.74, 6) is -0.270. The van der Waals surface area contributed by atoms with Gasteiger partial charge in [-0.05, 0) is 30.3 Å². The Hall–Kier alpha value is -2.47. The molecule has 1 N–H and O–H groups in total. The normalized spacial score (nSPS) is 10.9. The van der Waals surface area contributed by atoms with Gasteiger partial charge < -0.3 is 5.32 Å². The number of nitrogens with zero attached hydrogens (tertiary/aromatic N) is 3. The lowest BCUT2D eigenvalue weighted by atomic mass is 10.2. The molecule has 0 radical (unpaired) electrons. The quantitative estimate of drug-likeness (QED) is 0.805. The molecule has 112 valence electrons. The third-order valence-electron chi connectivity index (χ3n) is 3.15. The fourth-order valence-electron chi connectivity index (χ4n) is 2.03. The molecule has 0 aliphatic rings. The maximum Gasteiger partial charge on any atom is 0.255 e. The number of hydrogen-bond acceptors (Lipinski definition) is 3. The topological polar surface area (TPSA) is 59.3 Å². The highest BCUT2D eigenvalue weighted by Crippen LogP contribution is 2.19. The van der Waals surface area contributed by atoms with Gasteiger partial charge >= 0.3 is 0 Å². The van der Waals surface area contributed by atoms with Crippen molar-refractivity contribution in [3.63, 3.8) is 0 Å². The summed E-state index contributed by atoms with van der Waals surface area (Å²) in [6, 6.07) is 7.30. The van der Waals surface area contributed by atoms with Gasteiger partial charge in [-0.1, -0.05) is 18.5 Å². The number of benzene rings is 1. The SMILES string of the molecule is CCc1nc2c(NC(=O)c3ccc(F)c(Cl)c3)cccn2n1. The minimum Gasteiger partial charge on any atom is -0.319 e. The predicted molar refractivity (Wildman–Crippen MR) is 81.7 cm³/mol. The first-order valence-electron chi connectivity index (χ1n) is 6.69. The van der Waals surface area contributed by atoms with Crippen molar-refractivity contribution in [2.24, 2.45) is 0 Å². The van der Waals surface area contributed by atoms with Crippen LogP contribution in [0.15, 0.2) is 36.5 Å². The maximum absolute atomic E-state index is 13.2. The number of hydrogen-bond donors (Lipinski definition) is 1. The molecule has 0 bridgehead atoms. The lowest BCUT2D eigenvalue weighted by Crippen LogP contribution is -2.13. The van der Waals surface area contributed by atoms with Crippen molar-refractivity contribution in [1.82, 2.24) is 14.6 Å². The number of carbonyl (C=O) groups excluding carboxylic acids is 1. The van der Waals surface area contributed by atoms with Crippen LogP contribution in [0.5, 0.6) is 0 Å². The van der Waals surface area contributed by atoms with Gasteiger partial charge in [-0.3, -0.25) is 4.79 Å². The molecule has 0 unspecified atom stereocenters. The van der Waals surface area contributed by atoms with E-state index in [0.717, 1.165) is 6.07 Å². The van der Waals surface area contributed by atoms with E-state index in [-0.39, 0.29) is 10.6 Å². The van der Waals surface area contributed by atoms with E-state index in [1.54, 1.807) is 22.8 Å². The van der Waals surface area contributed by atoms with Gasteiger partial charge in [0.05, 0.1) is 10.7 Å². The van der Waals surface area contributed by atoms with Crippen LogP contribution in [0.4, 0.5) is 10.1 Å². The average Bonchev–Trinajstić information content (AvgIpc) is 2.94. The minimum absolute atomic E-state index is 0.0957. The number of nitrogens with one attached hydrogen (secondary N) is 1. The van der Waals surface area contributed by atoms with Gasteiger partial charge in [0.25, 0.3) is 5.91 Å². The number of carbonyl (C=O) groups is 1. The van der Waals surface area contributed by atoms with Gasteiger partial charge in [-0.25, -0.2) is 13.9 Å². The Morgan fingerprint density at radius 2 is 2.23 bits per heavy atom. The Balaban J connectivity index is 1.93. The van der Waals surface area contributed by atoms with Crippen LogP contribution < -0.4 is 5.32 Å². The van der Waals surface area contributed by atoms with Gasteiger partial charge in [0.2, 0.25) is 0 Å². The number of halogens is 2. The lowest BCUT2D eigenvalue weighted by molar-refractivity contribution is 0.102. The summed E-state index contributed by atoms with van der Waals surface area (Å²) in [5, 5.41) is 6.93. The van der Waals surface area contributed by atoms with E-state index in [0.29, 0.717) is 23.6 Å². The fourth-order valence-corrected chi connectivity index (χ4v) is 2.21. The zero-order chi connectivity index (χ0) is 15.7. The zero-order valence-electron chi connectivity index (χ0n) is 11.7. The number of fused-ring (bicyclic) bond motifs is 1. The Bertz CT molecular complexity index is 862. The van der Waals surface area contributed by atoms with Crippen molar-refractivity contribution in [1.29, 1.82) is 0 Å². The van der Waals surface area contributed by atoms with Crippen molar-refractivity contribution >= 4 is 28.8 Å². The van der Waals surface area contributed by atoms with E-state index in [1.165, 1.54) is 12.1 Å². The van der Waals surface area contributed by atoms with Crippen molar-refractivity contribution in [3.05, 3.63) is 58.8 Å². The van der Waals surface area contributed by atoms with E-state index in [9.17, 15) is 9.18 Å². The smallest absolute Gasteiger partial charge is 0.255 e. The number of pyridine rings is 1. The molecule has 1 amide bonds. The second-order valence-electron chi connectivity index (χ2n) is 4.65. The summed E-state index contributed by atoms with van der Waals surface area (Å²) >= 11 is 5.70. The largest absolute Gasteiger partial charge is 0.319 e. The van der Waals surface area contributed by atoms with Crippen LogP contribution in [0.1, 0.15) is 23.1 Å².